The molecule has 0 saturated carbocycles. The molecule has 2 heterocycles. The Labute approximate surface area is 151 Å². The highest BCUT2D eigenvalue weighted by Gasteiger charge is 2.29. The molecule has 0 radical (unpaired) electrons. The van der Waals surface area contributed by atoms with Crippen molar-refractivity contribution >= 4 is 11.8 Å². The van der Waals surface area contributed by atoms with Gasteiger partial charge in [0.15, 0.2) is 0 Å². The number of hydrogen-bond acceptors (Lipinski definition) is 3. The van der Waals surface area contributed by atoms with Crippen molar-refractivity contribution in [3.05, 3.63) is 41.0 Å². The van der Waals surface area contributed by atoms with E-state index in [1.54, 1.807) is 0 Å². The molecule has 0 unspecified atom stereocenters. The summed E-state index contributed by atoms with van der Waals surface area (Å²) in [6.07, 6.45) is 4.02. The van der Waals surface area contributed by atoms with Crippen molar-refractivity contribution in [2.45, 2.75) is 52.7 Å². The molecule has 2 aliphatic rings. The number of carbonyl (C=O) groups excluding carboxylic acids is 1. The van der Waals surface area contributed by atoms with Crippen LogP contribution in [0, 0.1) is 5.92 Å². The Morgan fingerprint density at radius 2 is 2.00 bits per heavy atom. The van der Waals surface area contributed by atoms with Crippen molar-refractivity contribution < 1.29 is 9.53 Å². The van der Waals surface area contributed by atoms with Crippen LogP contribution in [0.3, 0.4) is 0 Å². The third-order valence-corrected chi connectivity index (χ3v) is 4.82. The van der Waals surface area contributed by atoms with Gasteiger partial charge in [-0.3, -0.25) is 4.90 Å². The van der Waals surface area contributed by atoms with Gasteiger partial charge in [0.05, 0.1) is 5.70 Å². The molecule has 2 aliphatic heterocycles. The standard InChI is InChI=1S/C21H30N2O2/c1-15-6-9-19(23(13-15)20(24)25-21(2,3)4)17-8-7-16-10-11-22(5)14-18(16)12-17/h7-9,12,15H,6,10-11,13-14H2,1-5H3/t15-/m0/s1. The molecular formula is C21H30N2O2. The third kappa shape index (κ3) is 4.24. The maximum absolute atomic E-state index is 12.7. The first-order valence-corrected chi connectivity index (χ1v) is 9.24. The highest BCUT2D eigenvalue weighted by Crippen LogP contribution is 2.31. The lowest BCUT2D eigenvalue weighted by molar-refractivity contribution is 0.0327. The lowest BCUT2D eigenvalue weighted by atomic mass is 9.93. The normalized spacial score (nSPS) is 21.6. The number of rotatable bonds is 1. The van der Waals surface area contributed by atoms with Crippen LogP contribution in [0.2, 0.25) is 0 Å². The van der Waals surface area contributed by atoms with Gasteiger partial charge in [0.1, 0.15) is 5.60 Å². The zero-order chi connectivity index (χ0) is 18.2. The van der Waals surface area contributed by atoms with Gasteiger partial charge in [0.2, 0.25) is 0 Å². The van der Waals surface area contributed by atoms with Crippen LogP contribution < -0.4 is 0 Å². The largest absolute Gasteiger partial charge is 0.443 e. The summed E-state index contributed by atoms with van der Waals surface area (Å²) in [7, 11) is 2.16. The molecular weight excluding hydrogens is 312 g/mol. The number of amides is 1. The van der Waals surface area contributed by atoms with Crippen LogP contribution in [-0.4, -0.2) is 41.6 Å². The van der Waals surface area contributed by atoms with E-state index in [0.717, 1.165) is 37.2 Å². The minimum absolute atomic E-state index is 0.250. The SMILES string of the molecule is C[C@H]1CC=C(c2ccc3c(c2)CN(C)CC3)N(C(=O)OC(C)(C)C)C1. The van der Waals surface area contributed by atoms with Crippen LogP contribution in [0.4, 0.5) is 4.79 Å². The van der Waals surface area contributed by atoms with Gasteiger partial charge in [-0.2, -0.15) is 0 Å². The highest BCUT2D eigenvalue weighted by molar-refractivity contribution is 5.83. The molecule has 1 amide bonds. The molecule has 0 saturated heterocycles. The predicted octanol–water partition coefficient (Wildman–Crippen LogP) is 4.29. The zero-order valence-corrected chi connectivity index (χ0v) is 16.1. The van der Waals surface area contributed by atoms with Crippen LogP contribution in [0.1, 0.15) is 50.8 Å². The lowest BCUT2D eigenvalue weighted by Gasteiger charge is -2.34. The van der Waals surface area contributed by atoms with E-state index < -0.39 is 5.60 Å². The summed E-state index contributed by atoms with van der Waals surface area (Å²) in [5, 5.41) is 0. The van der Waals surface area contributed by atoms with Crippen molar-refractivity contribution in [1.82, 2.24) is 9.80 Å². The third-order valence-electron chi connectivity index (χ3n) is 4.82. The van der Waals surface area contributed by atoms with Gasteiger partial charge in [-0.1, -0.05) is 25.1 Å². The van der Waals surface area contributed by atoms with Crippen LogP contribution in [0.15, 0.2) is 24.3 Å². The quantitative estimate of drug-likeness (QED) is 0.763. The van der Waals surface area contributed by atoms with Crippen molar-refractivity contribution in [3.63, 3.8) is 0 Å². The summed E-state index contributed by atoms with van der Waals surface area (Å²) < 4.78 is 5.64. The Morgan fingerprint density at radius 3 is 2.72 bits per heavy atom. The molecule has 0 fully saturated rings. The second-order valence-electron chi connectivity index (χ2n) is 8.49. The molecule has 0 bridgehead atoms. The molecule has 0 aromatic heterocycles. The first-order chi connectivity index (χ1) is 11.7. The second kappa shape index (κ2) is 6.83. The number of ether oxygens (including phenoxy) is 1. The molecule has 1 aromatic rings. The highest BCUT2D eigenvalue weighted by atomic mass is 16.6. The molecule has 0 aliphatic carbocycles. The number of benzene rings is 1. The predicted molar refractivity (Wildman–Crippen MR) is 101 cm³/mol. The summed E-state index contributed by atoms with van der Waals surface area (Å²) >= 11 is 0. The second-order valence-corrected chi connectivity index (χ2v) is 8.49. The number of carbonyl (C=O) groups is 1. The van der Waals surface area contributed by atoms with Crippen LogP contribution in [-0.2, 0) is 17.7 Å². The summed E-state index contributed by atoms with van der Waals surface area (Å²) in [6, 6.07) is 6.64. The summed E-state index contributed by atoms with van der Waals surface area (Å²) in [4.78, 5) is 16.9. The van der Waals surface area contributed by atoms with E-state index in [9.17, 15) is 4.79 Å². The minimum atomic E-state index is -0.485. The average Bonchev–Trinajstić information content (AvgIpc) is 2.52. The Hall–Kier alpha value is -1.81. The minimum Gasteiger partial charge on any atom is -0.443 e. The molecule has 0 spiro atoms. The zero-order valence-electron chi connectivity index (χ0n) is 16.1. The fraction of sp³-hybridized carbons (Fsp3) is 0.571. The van der Waals surface area contributed by atoms with Gasteiger partial charge in [-0.25, -0.2) is 4.79 Å². The summed E-state index contributed by atoms with van der Waals surface area (Å²) in [6.45, 7) is 10.7. The number of allylic oxidation sites excluding steroid dienone is 1. The topological polar surface area (TPSA) is 32.8 Å². The van der Waals surface area contributed by atoms with E-state index >= 15 is 0 Å². The Kier molecular flexibility index (Phi) is 4.92. The Bertz CT molecular complexity index is 688. The van der Waals surface area contributed by atoms with E-state index in [4.69, 9.17) is 4.74 Å². The molecule has 4 nitrogen and oxygen atoms in total. The number of likely N-dealkylation sites (N-methyl/N-ethyl adjacent to an activating group) is 1. The molecule has 3 rings (SSSR count). The average molecular weight is 342 g/mol. The van der Waals surface area contributed by atoms with E-state index in [0.29, 0.717) is 12.5 Å². The van der Waals surface area contributed by atoms with Gasteiger partial charge < -0.3 is 9.64 Å². The van der Waals surface area contributed by atoms with Crippen molar-refractivity contribution in [3.8, 4) is 0 Å². The van der Waals surface area contributed by atoms with Crippen molar-refractivity contribution in [2.24, 2.45) is 5.92 Å². The van der Waals surface area contributed by atoms with E-state index in [1.807, 2.05) is 25.7 Å². The maximum atomic E-state index is 12.7. The smallest absolute Gasteiger partial charge is 0.414 e. The summed E-state index contributed by atoms with van der Waals surface area (Å²) in [5.41, 5.74) is 4.42. The van der Waals surface area contributed by atoms with E-state index in [1.165, 1.54) is 11.1 Å². The monoisotopic (exact) mass is 342 g/mol. The number of hydrogen-bond donors (Lipinski definition) is 0. The summed E-state index contributed by atoms with van der Waals surface area (Å²) in [5.74, 6) is 0.444. The maximum Gasteiger partial charge on any atom is 0.414 e. The first kappa shape index (κ1) is 18.0. The van der Waals surface area contributed by atoms with Gasteiger partial charge in [-0.15, -0.1) is 0 Å². The van der Waals surface area contributed by atoms with Gasteiger partial charge >= 0.3 is 6.09 Å². The number of nitrogens with zero attached hydrogens (tertiary/aromatic N) is 2. The molecule has 4 heteroatoms. The molecule has 25 heavy (non-hydrogen) atoms. The molecule has 1 aromatic carbocycles. The van der Waals surface area contributed by atoms with Crippen LogP contribution in [0.5, 0.6) is 0 Å². The van der Waals surface area contributed by atoms with Crippen LogP contribution in [0.25, 0.3) is 5.70 Å². The van der Waals surface area contributed by atoms with Crippen molar-refractivity contribution in [2.75, 3.05) is 20.1 Å². The van der Waals surface area contributed by atoms with Gasteiger partial charge in [-0.05, 0) is 69.3 Å². The van der Waals surface area contributed by atoms with Gasteiger partial charge in [0, 0.05) is 19.6 Å². The molecule has 1 atom stereocenters. The van der Waals surface area contributed by atoms with Gasteiger partial charge in [0.25, 0.3) is 0 Å². The lowest BCUT2D eigenvalue weighted by Crippen LogP contribution is -2.39. The molecule has 0 N–H and O–H groups in total. The van der Waals surface area contributed by atoms with E-state index in [-0.39, 0.29) is 6.09 Å². The fourth-order valence-electron chi connectivity index (χ4n) is 3.53. The Morgan fingerprint density at radius 1 is 1.24 bits per heavy atom. The fourth-order valence-corrected chi connectivity index (χ4v) is 3.53. The first-order valence-electron chi connectivity index (χ1n) is 9.24. The Balaban J connectivity index is 1.90. The van der Waals surface area contributed by atoms with Crippen molar-refractivity contribution in [1.29, 1.82) is 0 Å². The number of fused-ring (bicyclic) bond motifs is 1. The molecule has 136 valence electrons. The van der Waals surface area contributed by atoms with E-state index in [2.05, 4.69) is 43.1 Å². The van der Waals surface area contributed by atoms with Crippen LogP contribution >= 0.6 is 0 Å².